The van der Waals surface area contributed by atoms with Gasteiger partial charge in [-0.15, -0.1) is 33.3 Å². The Bertz CT molecular complexity index is 1050. The van der Waals surface area contributed by atoms with Gasteiger partial charge >= 0.3 is 0 Å². The molecule has 0 spiro atoms. The minimum atomic E-state index is -0.192. The van der Waals surface area contributed by atoms with E-state index in [1.165, 1.54) is 21.7 Å². The average Bonchev–Trinajstić information content (AvgIpc) is 3.40. The third-order valence-electron chi connectivity index (χ3n) is 3.88. The minimum absolute atomic E-state index is 0.00998. The number of benzene rings is 2. The van der Waals surface area contributed by atoms with Crippen molar-refractivity contribution < 1.29 is 4.79 Å². The van der Waals surface area contributed by atoms with E-state index in [0.717, 1.165) is 21.2 Å². The first-order valence-electron chi connectivity index (χ1n) is 8.65. The van der Waals surface area contributed by atoms with Crippen LogP contribution in [0.4, 0.5) is 5.69 Å². The standard InChI is InChI=1S/C20H17N5OS2/c26-19(13-25-23-20(22-24-25)18-11-6-12-27-18)21-16-9-4-5-10-17(16)28-14-15-7-2-1-3-8-15/h1-12H,13-14H2,(H,21,26). The summed E-state index contributed by atoms with van der Waals surface area (Å²) in [6.45, 7) is 0.00998. The molecule has 8 heteroatoms. The molecule has 4 rings (SSSR count). The Labute approximate surface area is 170 Å². The number of anilines is 1. The number of hydrogen-bond acceptors (Lipinski definition) is 6. The van der Waals surface area contributed by atoms with Crippen LogP contribution in [0.25, 0.3) is 10.7 Å². The monoisotopic (exact) mass is 407 g/mol. The van der Waals surface area contributed by atoms with Crippen molar-refractivity contribution >= 4 is 34.7 Å². The number of carbonyl (C=O) groups is 1. The summed E-state index contributed by atoms with van der Waals surface area (Å²) in [5.74, 6) is 1.17. The molecular weight excluding hydrogens is 390 g/mol. The highest BCUT2D eigenvalue weighted by Gasteiger charge is 2.12. The SMILES string of the molecule is O=C(Cn1nnc(-c2cccs2)n1)Nc1ccccc1SCc1ccccc1. The number of hydrogen-bond donors (Lipinski definition) is 1. The summed E-state index contributed by atoms with van der Waals surface area (Å²) in [6, 6.07) is 21.9. The van der Waals surface area contributed by atoms with E-state index < -0.39 is 0 Å². The highest BCUT2D eigenvalue weighted by Crippen LogP contribution is 2.29. The highest BCUT2D eigenvalue weighted by molar-refractivity contribution is 7.98. The van der Waals surface area contributed by atoms with Crippen molar-refractivity contribution in [2.75, 3.05) is 5.32 Å². The number of thioether (sulfide) groups is 1. The Kier molecular flexibility index (Phi) is 5.79. The molecule has 0 unspecified atom stereocenters. The van der Waals surface area contributed by atoms with Crippen LogP contribution < -0.4 is 5.32 Å². The zero-order chi connectivity index (χ0) is 19.2. The quantitative estimate of drug-likeness (QED) is 0.462. The van der Waals surface area contributed by atoms with Crippen molar-refractivity contribution in [1.82, 2.24) is 20.2 Å². The maximum absolute atomic E-state index is 12.5. The van der Waals surface area contributed by atoms with Gasteiger partial charge in [0.25, 0.3) is 0 Å². The molecule has 0 saturated carbocycles. The summed E-state index contributed by atoms with van der Waals surface area (Å²) in [6.07, 6.45) is 0. The maximum Gasteiger partial charge on any atom is 0.248 e. The molecule has 2 aromatic heterocycles. The van der Waals surface area contributed by atoms with Gasteiger partial charge in [-0.25, -0.2) is 0 Å². The summed E-state index contributed by atoms with van der Waals surface area (Å²) in [7, 11) is 0. The second-order valence-corrected chi connectivity index (χ2v) is 7.90. The van der Waals surface area contributed by atoms with Crippen molar-refractivity contribution in [3.63, 3.8) is 0 Å². The van der Waals surface area contributed by atoms with Crippen LogP contribution in [0, 0.1) is 0 Å². The molecule has 6 nitrogen and oxygen atoms in total. The third kappa shape index (κ3) is 4.65. The molecule has 4 aromatic rings. The van der Waals surface area contributed by atoms with Crippen LogP contribution in [-0.2, 0) is 17.1 Å². The van der Waals surface area contributed by atoms with Gasteiger partial charge in [-0.2, -0.15) is 4.80 Å². The highest BCUT2D eigenvalue weighted by atomic mass is 32.2. The van der Waals surface area contributed by atoms with E-state index >= 15 is 0 Å². The lowest BCUT2D eigenvalue weighted by Crippen LogP contribution is -2.20. The number of aromatic nitrogens is 4. The Balaban J connectivity index is 1.39. The third-order valence-corrected chi connectivity index (χ3v) is 5.89. The molecule has 0 fully saturated rings. The molecule has 140 valence electrons. The topological polar surface area (TPSA) is 72.7 Å². The predicted molar refractivity (Wildman–Crippen MR) is 112 cm³/mol. The normalized spacial score (nSPS) is 10.7. The summed E-state index contributed by atoms with van der Waals surface area (Å²) < 4.78 is 0. The molecule has 28 heavy (non-hydrogen) atoms. The Hall–Kier alpha value is -2.97. The molecular formula is C20H17N5OS2. The molecule has 0 saturated heterocycles. The van der Waals surface area contributed by atoms with Gasteiger partial charge in [0.1, 0.15) is 6.54 Å². The van der Waals surface area contributed by atoms with Gasteiger partial charge in [-0.05, 0) is 34.4 Å². The van der Waals surface area contributed by atoms with Crippen LogP contribution in [0.1, 0.15) is 5.56 Å². The minimum Gasteiger partial charge on any atom is -0.323 e. The number of amides is 1. The van der Waals surface area contributed by atoms with Crippen LogP contribution in [0.2, 0.25) is 0 Å². The van der Waals surface area contributed by atoms with Gasteiger partial charge in [0, 0.05) is 10.6 Å². The molecule has 0 bridgehead atoms. The fourth-order valence-corrected chi connectivity index (χ4v) is 4.18. The first-order valence-corrected chi connectivity index (χ1v) is 10.5. The van der Waals surface area contributed by atoms with E-state index in [9.17, 15) is 4.79 Å². The van der Waals surface area contributed by atoms with E-state index in [0.29, 0.717) is 5.82 Å². The Morgan fingerprint density at radius 1 is 1.04 bits per heavy atom. The first kappa shape index (κ1) is 18.4. The second-order valence-electron chi connectivity index (χ2n) is 5.94. The van der Waals surface area contributed by atoms with Crippen LogP contribution in [-0.4, -0.2) is 26.1 Å². The molecule has 0 radical (unpaired) electrons. The van der Waals surface area contributed by atoms with Crippen molar-refractivity contribution in [3.05, 3.63) is 77.7 Å². The van der Waals surface area contributed by atoms with Gasteiger partial charge in [0.05, 0.1) is 10.6 Å². The van der Waals surface area contributed by atoms with Crippen molar-refractivity contribution in [2.45, 2.75) is 17.2 Å². The molecule has 0 aliphatic carbocycles. The zero-order valence-electron chi connectivity index (χ0n) is 14.9. The molecule has 2 aromatic carbocycles. The van der Waals surface area contributed by atoms with Crippen LogP contribution >= 0.6 is 23.1 Å². The Morgan fingerprint density at radius 2 is 1.86 bits per heavy atom. The van der Waals surface area contributed by atoms with Crippen LogP contribution in [0.3, 0.4) is 0 Å². The lowest BCUT2D eigenvalue weighted by Gasteiger charge is -2.10. The fraction of sp³-hybridized carbons (Fsp3) is 0.100. The molecule has 0 aliphatic rings. The molecule has 0 aliphatic heterocycles. The van der Waals surface area contributed by atoms with Crippen LogP contribution in [0.15, 0.2) is 77.0 Å². The first-order chi connectivity index (χ1) is 13.8. The maximum atomic E-state index is 12.5. The zero-order valence-corrected chi connectivity index (χ0v) is 16.5. The van der Waals surface area contributed by atoms with Gasteiger partial charge < -0.3 is 5.32 Å². The van der Waals surface area contributed by atoms with E-state index in [1.807, 2.05) is 60.0 Å². The van der Waals surface area contributed by atoms with E-state index in [4.69, 9.17) is 0 Å². The molecule has 2 heterocycles. The Morgan fingerprint density at radius 3 is 2.68 bits per heavy atom. The number of thiophene rings is 1. The summed E-state index contributed by atoms with van der Waals surface area (Å²) in [5.41, 5.74) is 2.02. The van der Waals surface area contributed by atoms with Gasteiger partial charge in [0.2, 0.25) is 11.7 Å². The van der Waals surface area contributed by atoms with Crippen molar-refractivity contribution in [1.29, 1.82) is 0 Å². The number of nitrogens with zero attached hydrogens (tertiary/aromatic N) is 4. The van der Waals surface area contributed by atoms with Crippen molar-refractivity contribution in [3.8, 4) is 10.7 Å². The fourth-order valence-electron chi connectivity index (χ4n) is 2.56. The number of carbonyl (C=O) groups excluding carboxylic acids is 1. The van der Waals surface area contributed by atoms with Gasteiger partial charge in [-0.3, -0.25) is 4.79 Å². The van der Waals surface area contributed by atoms with E-state index in [1.54, 1.807) is 11.8 Å². The van der Waals surface area contributed by atoms with Gasteiger partial charge in [0.15, 0.2) is 0 Å². The number of rotatable bonds is 7. The largest absolute Gasteiger partial charge is 0.323 e. The summed E-state index contributed by atoms with van der Waals surface area (Å²) >= 11 is 3.22. The summed E-state index contributed by atoms with van der Waals surface area (Å²) in [5, 5.41) is 17.2. The second kappa shape index (κ2) is 8.81. The van der Waals surface area contributed by atoms with E-state index in [2.05, 4.69) is 32.9 Å². The van der Waals surface area contributed by atoms with Gasteiger partial charge in [-0.1, -0.05) is 48.5 Å². The molecule has 1 N–H and O–H groups in total. The number of tetrazole rings is 1. The lowest BCUT2D eigenvalue weighted by atomic mass is 10.2. The van der Waals surface area contributed by atoms with Crippen molar-refractivity contribution in [2.24, 2.45) is 0 Å². The lowest BCUT2D eigenvalue weighted by molar-refractivity contribution is -0.117. The molecule has 0 atom stereocenters. The number of nitrogens with one attached hydrogen (secondary N) is 1. The smallest absolute Gasteiger partial charge is 0.248 e. The summed E-state index contributed by atoms with van der Waals surface area (Å²) in [4.78, 5) is 15.7. The molecule has 1 amide bonds. The number of para-hydroxylation sites is 1. The van der Waals surface area contributed by atoms with E-state index in [-0.39, 0.29) is 12.5 Å². The average molecular weight is 408 g/mol. The van der Waals surface area contributed by atoms with Crippen LogP contribution in [0.5, 0.6) is 0 Å². The predicted octanol–water partition coefficient (Wildman–Crippen LogP) is 4.33.